The highest BCUT2D eigenvalue weighted by atomic mass is 19.4. The van der Waals surface area contributed by atoms with Crippen LogP contribution >= 0.6 is 0 Å². The summed E-state index contributed by atoms with van der Waals surface area (Å²) in [5.41, 5.74) is 1.36. The number of nitrogens with one attached hydrogen (secondary N) is 1. The maximum Gasteiger partial charge on any atom is 0.416 e. The summed E-state index contributed by atoms with van der Waals surface area (Å²) in [7, 11) is 1.56. The average molecular weight is 281 g/mol. The lowest BCUT2D eigenvalue weighted by atomic mass is 10.1. The van der Waals surface area contributed by atoms with Gasteiger partial charge >= 0.3 is 6.18 Å². The smallest absolute Gasteiger partial charge is 0.416 e. The molecule has 0 saturated carbocycles. The second kappa shape index (κ2) is 5.45. The van der Waals surface area contributed by atoms with Crippen molar-refractivity contribution >= 4 is 11.4 Å². The van der Waals surface area contributed by atoms with Gasteiger partial charge in [0.2, 0.25) is 0 Å². The summed E-state index contributed by atoms with van der Waals surface area (Å²) in [4.78, 5) is 0. The van der Waals surface area contributed by atoms with Crippen LogP contribution in [0.25, 0.3) is 0 Å². The molecule has 0 aliphatic carbocycles. The molecule has 0 bridgehead atoms. The molecule has 0 aliphatic heterocycles. The molecule has 106 valence electrons. The van der Waals surface area contributed by atoms with Gasteiger partial charge in [0.1, 0.15) is 5.75 Å². The van der Waals surface area contributed by atoms with Crippen molar-refractivity contribution in [3.05, 3.63) is 53.6 Å². The summed E-state index contributed by atoms with van der Waals surface area (Å²) in [5.74, 6) is 0.706. The molecule has 5 heteroatoms. The third kappa shape index (κ3) is 3.23. The Morgan fingerprint density at radius 1 is 1.05 bits per heavy atom. The second-order valence-electron chi connectivity index (χ2n) is 4.38. The molecule has 0 aliphatic rings. The second-order valence-corrected chi connectivity index (χ2v) is 4.38. The normalized spacial score (nSPS) is 11.2. The number of alkyl halides is 3. The largest absolute Gasteiger partial charge is 0.497 e. The Bertz CT molecular complexity index is 608. The number of benzene rings is 2. The van der Waals surface area contributed by atoms with Crippen LogP contribution in [0.4, 0.5) is 24.5 Å². The van der Waals surface area contributed by atoms with Crippen LogP contribution in [0.15, 0.2) is 42.5 Å². The van der Waals surface area contributed by atoms with Gasteiger partial charge in [0.25, 0.3) is 0 Å². The van der Waals surface area contributed by atoms with Gasteiger partial charge in [0.15, 0.2) is 0 Å². The molecular formula is C15H14F3NO. The summed E-state index contributed by atoms with van der Waals surface area (Å²) in [6.07, 6.45) is -4.34. The van der Waals surface area contributed by atoms with Gasteiger partial charge in [-0.15, -0.1) is 0 Å². The Balaban J connectivity index is 2.26. The summed E-state index contributed by atoms with van der Waals surface area (Å²) in [6.45, 7) is 1.86. The molecule has 0 spiro atoms. The van der Waals surface area contributed by atoms with Crippen molar-refractivity contribution in [2.24, 2.45) is 0 Å². The van der Waals surface area contributed by atoms with E-state index in [0.717, 1.165) is 23.4 Å². The van der Waals surface area contributed by atoms with E-state index in [1.807, 2.05) is 13.0 Å². The number of hydrogen-bond acceptors (Lipinski definition) is 2. The zero-order valence-electron chi connectivity index (χ0n) is 11.1. The lowest BCUT2D eigenvalue weighted by Gasteiger charge is -2.13. The number of rotatable bonds is 3. The molecule has 2 aromatic carbocycles. The molecule has 1 N–H and O–H groups in total. The van der Waals surface area contributed by atoms with E-state index in [1.165, 1.54) is 6.07 Å². The van der Waals surface area contributed by atoms with Crippen LogP contribution in [0.3, 0.4) is 0 Å². The third-order valence-corrected chi connectivity index (χ3v) is 2.90. The van der Waals surface area contributed by atoms with Crippen LogP contribution in [0.1, 0.15) is 11.1 Å². The first kappa shape index (κ1) is 14.2. The van der Waals surface area contributed by atoms with Gasteiger partial charge in [-0.1, -0.05) is 6.07 Å². The van der Waals surface area contributed by atoms with Gasteiger partial charge in [0, 0.05) is 11.4 Å². The lowest BCUT2D eigenvalue weighted by molar-refractivity contribution is -0.137. The van der Waals surface area contributed by atoms with Crippen LogP contribution in [-0.2, 0) is 6.18 Å². The molecule has 0 saturated heterocycles. The van der Waals surface area contributed by atoms with E-state index in [-0.39, 0.29) is 0 Å². The number of halogens is 3. The Morgan fingerprint density at radius 3 is 2.40 bits per heavy atom. The number of methoxy groups -OCH3 is 1. The first-order valence-electron chi connectivity index (χ1n) is 5.99. The number of ether oxygens (including phenoxy) is 1. The van der Waals surface area contributed by atoms with E-state index in [2.05, 4.69) is 5.32 Å². The minimum Gasteiger partial charge on any atom is -0.497 e. The number of hydrogen-bond donors (Lipinski definition) is 1. The highest BCUT2D eigenvalue weighted by Gasteiger charge is 2.30. The van der Waals surface area contributed by atoms with Crippen molar-refractivity contribution in [3.63, 3.8) is 0 Å². The van der Waals surface area contributed by atoms with E-state index in [4.69, 9.17) is 4.74 Å². The maximum absolute atomic E-state index is 12.6. The number of aryl methyl sites for hydroxylation is 1. The fraction of sp³-hybridized carbons (Fsp3) is 0.200. The Morgan fingerprint density at radius 2 is 1.80 bits per heavy atom. The van der Waals surface area contributed by atoms with Gasteiger partial charge < -0.3 is 10.1 Å². The fourth-order valence-corrected chi connectivity index (χ4v) is 1.83. The molecular weight excluding hydrogens is 267 g/mol. The Labute approximate surface area is 115 Å². The predicted molar refractivity (Wildman–Crippen MR) is 72.5 cm³/mol. The van der Waals surface area contributed by atoms with Gasteiger partial charge in [-0.2, -0.15) is 13.2 Å². The van der Waals surface area contributed by atoms with Crippen LogP contribution in [0, 0.1) is 6.92 Å². The quantitative estimate of drug-likeness (QED) is 0.875. The highest BCUT2D eigenvalue weighted by Crippen LogP contribution is 2.32. The van der Waals surface area contributed by atoms with Crippen molar-refractivity contribution in [3.8, 4) is 5.75 Å². The molecule has 0 atom stereocenters. The molecule has 2 nitrogen and oxygen atoms in total. The van der Waals surface area contributed by atoms with Crippen molar-refractivity contribution in [1.29, 1.82) is 0 Å². The molecule has 0 unspecified atom stereocenters. The molecule has 0 amide bonds. The SMILES string of the molecule is COc1ccc(Nc2cccc(C(F)(F)F)c2)c(C)c1. The predicted octanol–water partition coefficient (Wildman–Crippen LogP) is 4.77. The van der Waals surface area contributed by atoms with Gasteiger partial charge in [-0.05, 0) is 48.9 Å². The molecule has 0 fully saturated rings. The standard InChI is InChI=1S/C15H14F3NO/c1-10-8-13(20-2)6-7-14(10)19-12-5-3-4-11(9-12)15(16,17)18/h3-9,19H,1-2H3. The zero-order valence-corrected chi connectivity index (χ0v) is 11.1. The topological polar surface area (TPSA) is 21.3 Å². The molecule has 0 aromatic heterocycles. The highest BCUT2D eigenvalue weighted by molar-refractivity contribution is 5.64. The molecule has 2 rings (SSSR count). The third-order valence-electron chi connectivity index (χ3n) is 2.90. The Kier molecular flexibility index (Phi) is 3.88. The first-order chi connectivity index (χ1) is 9.40. The Hall–Kier alpha value is -2.17. The van der Waals surface area contributed by atoms with Crippen LogP contribution in [-0.4, -0.2) is 7.11 Å². The monoisotopic (exact) mass is 281 g/mol. The lowest BCUT2D eigenvalue weighted by Crippen LogP contribution is -2.05. The van der Waals surface area contributed by atoms with Crippen molar-refractivity contribution in [2.45, 2.75) is 13.1 Å². The minimum absolute atomic E-state index is 0.396. The molecule has 2 aromatic rings. The van der Waals surface area contributed by atoms with E-state index in [1.54, 1.807) is 25.3 Å². The van der Waals surface area contributed by atoms with Gasteiger partial charge in [-0.3, -0.25) is 0 Å². The number of anilines is 2. The minimum atomic E-state index is -4.34. The molecule has 0 heterocycles. The van der Waals surface area contributed by atoms with Crippen LogP contribution < -0.4 is 10.1 Å². The summed E-state index contributed by atoms with van der Waals surface area (Å²) in [6, 6.07) is 10.5. The van der Waals surface area contributed by atoms with Crippen molar-refractivity contribution < 1.29 is 17.9 Å². The van der Waals surface area contributed by atoms with E-state index in [0.29, 0.717) is 11.4 Å². The van der Waals surface area contributed by atoms with Gasteiger partial charge in [0.05, 0.1) is 12.7 Å². The first-order valence-corrected chi connectivity index (χ1v) is 5.99. The van der Waals surface area contributed by atoms with E-state index >= 15 is 0 Å². The zero-order chi connectivity index (χ0) is 14.8. The van der Waals surface area contributed by atoms with E-state index in [9.17, 15) is 13.2 Å². The van der Waals surface area contributed by atoms with Crippen LogP contribution in [0.5, 0.6) is 5.75 Å². The van der Waals surface area contributed by atoms with E-state index < -0.39 is 11.7 Å². The summed E-state index contributed by atoms with van der Waals surface area (Å²) >= 11 is 0. The summed E-state index contributed by atoms with van der Waals surface area (Å²) in [5, 5.41) is 2.98. The summed E-state index contributed by atoms with van der Waals surface area (Å²) < 4.78 is 43.0. The van der Waals surface area contributed by atoms with Crippen molar-refractivity contribution in [2.75, 3.05) is 12.4 Å². The fourth-order valence-electron chi connectivity index (χ4n) is 1.83. The average Bonchev–Trinajstić information content (AvgIpc) is 2.40. The van der Waals surface area contributed by atoms with Crippen molar-refractivity contribution in [1.82, 2.24) is 0 Å². The molecule has 20 heavy (non-hydrogen) atoms. The maximum atomic E-state index is 12.6. The molecule has 0 radical (unpaired) electrons. The van der Waals surface area contributed by atoms with Crippen LogP contribution in [0.2, 0.25) is 0 Å². The van der Waals surface area contributed by atoms with Gasteiger partial charge in [-0.25, -0.2) is 0 Å².